The predicted octanol–water partition coefficient (Wildman–Crippen LogP) is 4.28. The molecule has 1 atom stereocenters. The molecule has 0 fully saturated rings. The van der Waals surface area contributed by atoms with E-state index in [0.717, 1.165) is 30.5 Å². The molecule has 0 saturated carbocycles. The van der Waals surface area contributed by atoms with E-state index >= 15 is 0 Å². The van der Waals surface area contributed by atoms with Gasteiger partial charge < -0.3 is 10.2 Å². The first-order valence-corrected chi connectivity index (χ1v) is 7.94. The van der Waals surface area contributed by atoms with Crippen molar-refractivity contribution in [1.82, 2.24) is 5.32 Å². The largest absolute Gasteiger partial charge is 0.367 e. The molecule has 0 amide bonds. The highest BCUT2D eigenvalue weighted by Crippen LogP contribution is 2.30. The third-order valence-electron chi connectivity index (χ3n) is 3.56. The molecule has 0 radical (unpaired) electrons. The lowest BCUT2D eigenvalue weighted by molar-refractivity contribution is 0.569. The monoisotopic (exact) mass is 322 g/mol. The van der Waals surface area contributed by atoms with Crippen LogP contribution in [-0.4, -0.2) is 19.6 Å². The molecule has 0 aromatic heterocycles. The molecule has 2 rings (SSSR count). The minimum absolute atomic E-state index is 0.387. The minimum Gasteiger partial charge on any atom is -0.367 e. The molecule has 104 valence electrons. The summed E-state index contributed by atoms with van der Waals surface area (Å²) in [7, 11) is 0. The molecule has 0 bridgehead atoms. The maximum atomic E-state index is 3.60. The molecule has 1 heterocycles. The summed E-state index contributed by atoms with van der Waals surface area (Å²) >= 11 is 3.60. The van der Waals surface area contributed by atoms with E-state index in [1.54, 1.807) is 0 Å². The third-order valence-corrected chi connectivity index (χ3v) is 4.05. The van der Waals surface area contributed by atoms with Gasteiger partial charge in [0.05, 0.1) is 0 Å². The number of hydrogen-bond donors (Lipinski definition) is 1. The van der Waals surface area contributed by atoms with Crippen LogP contribution in [0.5, 0.6) is 0 Å². The van der Waals surface area contributed by atoms with Crippen LogP contribution in [0.1, 0.15) is 38.3 Å². The van der Waals surface area contributed by atoms with E-state index in [4.69, 9.17) is 0 Å². The van der Waals surface area contributed by atoms with Gasteiger partial charge in [-0.3, -0.25) is 0 Å². The fourth-order valence-corrected chi connectivity index (χ4v) is 2.87. The van der Waals surface area contributed by atoms with Gasteiger partial charge in [-0.1, -0.05) is 35.0 Å². The average Bonchev–Trinajstić information content (AvgIpc) is 2.45. The molecule has 2 nitrogen and oxygen atoms in total. The third kappa shape index (κ3) is 3.83. The number of hydrogen-bond acceptors (Lipinski definition) is 2. The zero-order valence-electron chi connectivity index (χ0n) is 11.8. The Morgan fingerprint density at radius 2 is 2.21 bits per heavy atom. The molecule has 1 aliphatic heterocycles. The molecule has 1 aromatic rings. The van der Waals surface area contributed by atoms with Crippen LogP contribution >= 0.6 is 15.9 Å². The van der Waals surface area contributed by atoms with Gasteiger partial charge in [0.1, 0.15) is 0 Å². The Balaban J connectivity index is 2.24. The first kappa shape index (κ1) is 14.6. The van der Waals surface area contributed by atoms with Gasteiger partial charge in [0.2, 0.25) is 0 Å². The standard InChI is InChI=1S/C16H23BrN2/c1-3-9-18-13(2)15-12-14(17)7-8-16(15)19-10-5-4-6-11-19/h4-5,7-8,12-13,18H,3,6,9-11H2,1-2H3. The zero-order chi connectivity index (χ0) is 13.7. The van der Waals surface area contributed by atoms with Crippen molar-refractivity contribution in [3.8, 4) is 0 Å². The molecule has 1 aliphatic rings. The Morgan fingerprint density at radius 1 is 1.37 bits per heavy atom. The number of nitrogens with zero attached hydrogens (tertiary/aromatic N) is 1. The van der Waals surface area contributed by atoms with Gasteiger partial charge in [-0.2, -0.15) is 0 Å². The molecule has 0 aliphatic carbocycles. The molecule has 1 N–H and O–H groups in total. The maximum absolute atomic E-state index is 3.60. The van der Waals surface area contributed by atoms with Gasteiger partial charge in [0.25, 0.3) is 0 Å². The summed E-state index contributed by atoms with van der Waals surface area (Å²) in [5.74, 6) is 0. The molecule has 1 aromatic carbocycles. The topological polar surface area (TPSA) is 15.3 Å². The van der Waals surface area contributed by atoms with Gasteiger partial charge >= 0.3 is 0 Å². The molecule has 0 spiro atoms. The van der Waals surface area contributed by atoms with Crippen LogP contribution in [0.2, 0.25) is 0 Å². The van der Waals surface area contributed by atoms with Gasteiger partial charge in [-0.15, -0.1) is 0 Å². The van der Waals surface area contributed by atoms with E-state index in [-0.39, 0.29) is 0 Å². The minimum atomic E-state index is 0.387. The normalized spacial score (nSPS) is 16.7. The Morgan fingerprint density at radius 3 is 2.89 bits per heavy atom. The van der Waals surface area contributed by atoms with Crippen LogP contribution in [-0.2, 0) is 0 Å². The summed E-state index contributed by atoms with van der Waals surface area (Å²) in [6.07, 6.45) is 6.85. The van der Waals surface area contributed by atoms with Crippen LogP contribution in [0.4, 0.5) is 5.69 Å². The van der Waals surface area contributed by atoms with Crippen molar-refractivity contribution in [1.29, 1.82) is 0 Å². The van der Waals surface area contributed by atoms with Gasteiger partial charge in [0.15, 0.2) is 0 Å². The number of benzene rings is 1. The summed E-state index contributed by atoms with van der Waals surface area (Å²) in [4.78, 5) is 2.46. The first-order chi connectivity index (χ1) is 9.22. The lowest BCUT2D eigenvalue weighted by Crippen LogP contribution is -2.29. The van der Waals surface area contributed by atoms with Gasteiger partial charge in [-0.05, 0) is 50.1 Å². The molecular formula is C16H23BrN2. The zero-order valence-corrected chi connectivity index (χ0v) is 13.4. The summed E-state index contributed by atoms with van der Waals surface area (Å²) < 4.78 is 1.16. The van der Waals surface area contributed by atoms with Crippen molar-refractivity contribution in [2.75, 3.05) is 24.5 Å². The Kier molecular flexibility index (Phi) is 5.46. The number of halogens is 1. The van der Waals surface area contributed by atoms with Crippen LogP contribution in [0, 0.1) is 0 Å². The lowest BCUT2D eigenvalue weighted by atomic mass is 10.0. The average molecular weight is 323 g/mol. The van der Waals surface area contributed by atoms with Crippen LogP contribution in [0.15, 0.2) is 34.8 Å². The SMILES string of the molecule is CCCNC(C)c1cc(Br)ccc1N1CC=CCC1. The number of nitrogens with one attached hydrogen (secondary N) is 1. The highest BCUT2D eigenvalue weighted by atomic mass is 79.9. The van der Waals surface area contributed by atoms with Gasteiger partial charge in [-0.25, -0.2) is 0 Å². The summed E-state index contributed by atoms with van der Waals surface area (Å²) in [5.41, 5.74) is 2.75. The second-order valence-electron chi connectivity index (χ2n) is 5.09. The molecular weight excluding hydrogens is 300 g/mol. The Hall–Kier alpha value is -0.800. The van der Waals surface area contributed by atoms with Crippen LogP contribution < -0.4 is 10.2 Å². The van der Waals surface area contributed by atoms with Crippen molar-refractivity contribution in [2.24, 2.45) is 0 Å². The predicted molar refractivity (Wildman–Crippen MR) is 86.8 cm³/mol. The molecule has 0 saturated heterocycles. The Labute approximate surface area is 125 Å². The van der Waals surface area contributed by atoms with E-state index in [1.165, 1.54) is 17.7 Å². The quantitative estimate of drug-likeness (QED) is 0.814. The van der Waals surface area contributed by atoms with Crippen molar-refractivity contribution in [3.05, 3.63) is 40.4 Å². The van der Waals surface area contributed by atoms with Crippen molar-refractivity contribution >= 4 is 21.6 Å². The Bertz CT molecular complexity index is 442. The van der Waals surface area contributed by atoms with Gasteiger partial charge in [0, 0.05) is 29.3 Å². The fraction of sp³-hybridized carbons (Fsp3) is 0.500. The van der Waals surface area contributed by atoms with E-state index in [9.17, 15) is 0 Å². The summed E-state index contributed by atoms with van der Waals surface area (Å²) in [5, 5.41) is 3.59. The van der Waals surface area contributed by atoms with Crippen molar-refractivity contribution in [3.63, 3.8) is 0 Å². The van der Waals surface area contributed by atoms with Crippen molar-refractivity contribution < 1.29 is 0 Å². The second-order valence-corrected chi connectivity index (χ2v) is 6.00. The van der Waals surface area contributed by atoms with E-state index in [2.05, 4.69) is 70.3 Å². The van der Waals surface area contributed by atoms with Crippen molar-refractivity contribution in [2.45, 2.75) is 32.7 Å². The van der Waals surface area contributed by atoms with Crippen LogP contribution in [0.25, 0.3) is 0 Å². The number of rotatable bonds is 5. The van der Waals surface area contributed by atoms with E-state index in [0.29, 0.717) is 6.04 Å². The maximum Gasteiger partial charge on any atom is 0.0418 e. The highest BCUT2D eigenvalue weighted by molar-refractivity contribution is 9.10. The molecule has 3 heteroatoms. The van der Waals surface area contributed by atoms with E-state index in [1.807, 2.05) is 0 Å². The van der Waals surface area contributed by atoms with Crippen LogP contribution in [0.3, 0.4) is 0 Å². The first-order valence-electron chi connectivity index (χ1n) is 7.15. The molecule has 1 unspecified atom stereocenters. The summed E-state index contributed by atoms with van der Waals surface area (Å²) in [6, 6.07) is 7.02. The second kappa shape index (κ2) is 7.11. The lowest BCUT2D eigenvalue weighted by Gasteiger charge is -2.30. The van der Waals surface area contributed by atoms with E-state index < -0.39 is 0 Å². The highest BCUT2D eigenvalue weighted by Gasteiger charge is 2.16. The number of anilines is 1. The fourth-order valence-electron chi connectivity index (χ4n) is 2.49. The summed E-state index contributed by atoms with van der Waals surface area (Å²) in [6.45, 7) is 7.66. The smallest absolute Gasteiger partial charge is 0.0418 e. The molecule has 19 heavy (non-hydrogen) atoms.